The van der Waals surface area contributed by atoms with Crippen LogP contribution in [0.1, 0.15) is 23.9 Å². The third-order valence-corrected chi connectivity index (χ3v) is 5.52. The fraction of sp³-hybridized carbons (Fsp3) is 0.450. The van der Waals surface area contributed by atoms with Crippen molar-refractivity contribution in [2.75, 3.05) is 26.3 Å². The SMILES string of the molecule is Cc1nn(-c2ccc(Cl)cc2Cl)c(C)c1CC(=O)NC(C)C(=O)N1CCOCC1. The number of nitrogens with one attached hydrogen (secondary N) is 1. The number of aryl methyl sites for hydroxylation is 1. The van der Waals surface area contributed by atoms with Gasteiger partial charge in [0.05, 0.1) is 36.0 Å². The van der Waals surface area contributed by atoms with Crippen molar-refractivity contribution >= 4 is 35.0 Å². The molecule has 1 aromatic carbocycles. The monoisotopic (exact) mass is 438 g/mol. The molecule has 0 saturated carbocycles. The molecule has 1 aliphatic rings. The third kappa shape index (κ3) is 4.91. The number of amides is 2. The van der Waals surface area contributed by atoms with Gasteiger partial charge in [0.2, 0.25) is 11.8 Å². The van der Waals surface area contributed by atoms with Crippen LogP contribution in [0, 0.1) is 13.8 Å². The number of carbonyl (C=O) groups is 2. The number of hydrogen-bond donors (Lipinski definition) is 1. The van der Waals surface area contributed by atoms with E-state index in [1.165, 1.54) is 0 Å². The lowest BCUT2D eigenvalue weighted by Gasteiger charge is -2.29. The van der Waals surface area contributed by atoms with Crippen LogP contribution in [0.4, 0.5) is 0 Å². The lowest BCUT2D eigenvalue weighted by molar-refractivity contribution is -0.139. The molecule has 1 fully saturated rings. The van der Waals surface area contributed by atoms with Gasteiger partial charge in [0.15, 0.2) is 0 Å². The molecular weight excluding hydrogens is 415 g/mol. The summed E-state index contributed by atoms with van der Waals surface area (Å²) in [4.78, 5) is 26.8. The highest BCUT2D eigenvalue weighted by molar-refractivity contribution is 6.35. The van der Waals surface area contributed by atoms with E-state index in [4.69, 9.17) is 27.9 Å². The van der Waals surface area contributed by atoms with Gasteiger partial charge in [-0.25, -0.2) is 4.68 Å². The molecule has 0 radical (unpaired) electrons. The molecule has 29 heavy (non-hydrogen) atoms. The first-order valence-electron chi connectivity index (χ1n) is 9.44. The summed E-state index contributed by atoms with van der Waals surface area (Å²) in [5, 5.41) is 8.34. The molecule has 156 valence electrons. The largest absolute Gasteiger partial charge is 0.378 e. The highest BCUT2D eigenvalue weighted by atomic mass is 35.5. The van der Waals surface area contributed by atoms with Crippen molar-refractivity contribution in [3.63, 3.8) is 0 Å². The fourth-order valence-corrected chi connectivity index (χ4v) is 3.88. The maximum atomic E-state index is 12.6. The van der Waals surface area contributed by atoms with Gasteiger partial charge < -0.3 is 15.0 Å². The number of ether oxygens (including phenoxy) is 1. The Kier molecular flexibility index (Phi) is 6.82. The molecule has 3 rings (SSSR count). The molecule has 0 spiro atoms. The Morgan fingerprint density at radius 3 is 2.59 bits per heavy atom. The molecule has 1 saturated heterocycles. The molecule has 2 aromatic rings. The summed E-state index contributed by atoms with van der Waals surface area (Å²) in [6, 6.07) is 4.59. The lowest BCUT2D eigenvalue weighted by atomic mass is 10.1. The van der Waals surface area contributed by atoms with E-state index in [2.05, 4.69) is 10.4 Å². The topological polar surface area (TPSA) is 76.5 Å². The first kappa shape index (κ1) is 21.6. The number of rotatable bonds is 5. The van der Waals surface area contributed by atoms with Crippen molar-refractivity contribution in [2.24, 2.45) is 0 Å². The summed E-state index contributed by atoms with van der Waals surface area (Å²) >= 11 is 12.3. The van der Waals surface area contributed by atoms with Crippen LogP contribution in [0.15, 0.2) is 18.2 Å². The summed E-state index contributed by atoms with van der Waals surface area (Å²) in [6.45, 7) is 7.58. The van der Waals surface area contributed by atoms with E-state index in [0.717, 1.165) is 17.0 Å². The van der Waals surface area contributed by atoms with Crippen LogP contribution in [-0.2, 0) is 20.7 Å². The maximum Gasteiger partial charge on any atom is 0.245 e. The Morgan fingerprint density at radius 2 is 1.93 bits per heavy atom. The second kappa shape index (κ2) is 9.15. The van der Waals surface area contributed by atoms with E-state index >= 15 is 0 Å². The molecule has 7 nitrogen and oxygen atoms in total. The first-order valence-corrected chi connectivity index (χ1v) is 10.2. The van der Waals surface area contributed by atoms with Crippen LogP contribution in [0.25, 0.3) is 5.69 Å². The Labute approximate surface area is 179 Å². The quantitative estimate of drug-likeness (QED) is 0.778. The van der Waals surface area contributed by atoms with Crippen LogP contribution in [-0.4, -0.2) is 58.8 Å². The smallest absolute Gasteiger partial charge is 0.245 e. The van der Waals surface area contributed by atoms with Gasteiger partial charge in [0.1, 0.15) is 6.04 Å². The van der Waals surface area contributed by atoms with Crippen LogP contribution in [0.3, 0.4) is 0 Å². The van der Waals surface area contributed by atoms with Crippen molar-refractivity contribution < 1.29 is 14.3 Å². The van der Waals surface area contributed by atoms with Crippen LogP contribution < -0.4 is 5.32 Å². The van der Waals surface area contributed by atoms with Gasteiger partial charge in [0.25, 0.3) is 0 Å². The van der Waals surface area contributed by atoms with E-state index in [1.807, 2.05) is 13.8 Å². The van der Waals surface area contributed by atoms with E-state index < -0.39 is 6.04 Å². The van der Waals surface area contributed by atoms with Gasteiger partial charge >= 0.3 is 0 Å². The average molecular weight is 439 g/mol. The van der Waals surface area contributed by atoms with Crippen LogP contribution in [0.2, 0.25) is 10.0 Å². The highest BCUT2D eigenvalue weighted by Gasteiger charge is 2.25. The number of hydrogen-bond acceptors (Lipinski definition) is 4. The Hall–Kier alpha value is -2.09. The Balaban J connectivity index is 1.70. The van der Waals surface area contributed by atoms with E-state index in [9.17, 15) is 9.59 Å². The molecular formula is C20H24Cl2N4O3. The maximum absolute atomic E-state index is 12.6. The Bertz CT molecular complexity index is 923. The normalized spacial score (nSPS) is 15.3. The van der Waals surface area contributed by atoms with Gasteiger partial charge in [-0.2, -0.15) is 5.10 Å². The number of halogens is 2. The van der Waals surface area contributed by atoms with Crippen molar-refractivity contribution in [1.29, 1.82) is 0 Å². The molecule has 1 N–H and O–H groups in total. The van der Waals surface area contributed by atoms with E-state index in [0.29, 0.717) is 42.0 Å². The predicted octanol–water partition coefficient (Wildman–Crippen LogP) is 2.70. The highest BCUT2D eigenvalue weighted by Crippen LogP contribution is 2.27. The Morgan fingerprint density at radius 1 is 1.24 bits per heavy atom. The summed E-state index contributed by atoms with van der Waals surface area (Å²) < 4.78 is 6.97. The minimum Gasteiger partial charge on any atom is -0.378 e. The van der Waals surface area contributed by atoms with Gasteiger partial charge in [-0.15, -0.1) is 0 Å². The second-order valence-electron chi connectivity index (χ2n) is 7.06. The zero-order chi connectivity index (χ0) is 21.1. The molecule has 9 heteroatoms. The molecule has 1 aliphatic heterocycles. The predicted molar refractivity (Wildman–Crippen MR) is 112 cm³/mol. The minimum absolute atomic E-state index is 0.0984. The standard InChI is InChI=1S/C20H24Cl2N4O3/c1-12-16(14(3)26(24-12)18-5-4-15(21)10-17(18)22)11-19(27)23-13(2)20(28)25-6-8-29-9-7-25/h4-5,10,13H,6-9,11H2,1-3H3,(H,23,27). The number of morpholine rings is 1. The van der Waals surface area contributed by atoms with E-state index in [1.54, 1.807) is 34.7 Å². The van der Waals surface area contributed by atoms with Gasteiger partial charge in [-0.1, -0.05) is 23.2 Å². The molecule has 2 heterocycles. The molecule has 1 atom stereocenters. The van der Waals surface area contributed by atoms with Crippen molar-refractivity contribution in [3.8, 4) is 5.69 Å². The van der Waals surface area contributed by atoms with E-state index in [-0.39, 0.29) is 18.2 Å². The molecule has 1 unspecified atom stereocenters. The minimum atomic E-state index is -0.595. The average Bonchev–Trinajstić information content (AvgIpc) is 2.96. The summed E-state index contributed by atoms with van der Waals surface area (Å²) in [7, 11) is 0. The van der Waals surface area contributed by atoms with Gasteiger partial charge in [0, 0.05) is 29.4 Å². The third-order valence-electron chi connectivity index (χ3n) is 4.99. The first-order chi connectivity index (χ1) is 13.8. The number of carbonyl (C=O) groups excluding carboxylic acids is 2. The summed E-state index contributed by atoms with van der Waals surface area (Å²) in [6.07, 6.45) is 0.129. The van der Waals surface area contributed by atoms with Gasteiger partial charge in [-0.05, 0) is 39.0 Å². The van der Waals surface area contributed by atoms with Crippen LogP contribution in [0.5, 0.6) is 0 Å². The number of nitrogens with zero attached hydrogens (tertiary/aromatic N) is 3. The summed E-state index contributed by atoms with van der Waals surface area (Å²) in [5.41, 5.74) is 3.04. The summed E-state index contributed by atoms with van der Waals surface area (Å²) in [5.74, 6) is -0.328. The zero-order valence-corrected chi connectivity index (χ0v) is 18.2. The number of aromatic nitrogens is 2. The molecule has 1 aromatic heterocycles. The van der Waals surface area contributed by atoms with Crippen LogP contribution >= 0.6 is 23.2 Å². The van der Waals surface area contributed by atoms with Crippen molar-refractivity contribution in [1.82, 2.24) is 20.0 Å². The molecule has 0 bridgehead atoms. The zero-order valence-electron chi connectivity index (χ0n) is 16.7. The lowest BCUT2D eigenvalue weighted by Crippen LogP contribution is -2.50. The number of benzene rings is 1. The second-order valence-corrected chi connectivity index (χ2v) is 7.90. The van der Waals surface area contributed by atoms with Crippen molar-refractivity contribution in [3.05, 3.63) is 45.2 Å². The molecule has 0 aliphatic carbocycles. The fourth-order valence-electron chi connectivity index (χ4n) is 3.39. The molecule has 2 amide bonds. The van der Waals surface area contributed by atoms with Gasteiger partial charge in [-0.3, -0.25) is 9.59 Å². The van der Waals surface area contributed by atoms with Crippen molar-refractivity contribution in [2.45, 2.75) is 33.2 Å².